The van der Waals surface area contributed by atoms with Gasteiger partial charge in [-0.1, -0.05) is 0 Å². The Balaban J connectivity index is 1.71. The molecule has 22 heavy (non-hydrogen) atoms. The fraction of sp³-hybridized carbons (Fsp3) is 0.133. The van der Waals surface area contributed by atoms with E-state index in [2.05, 4.69) is 26.0 Å². The van der Waals surface area contributed by atoms with Crippen LogP contribution in [-0.2, 0) is 6.54 Å². The van der Waals surface area contributed by atoms with Gasteiger partial charge < -0.3 is 4.90 Å². The van der Waals surface area contributed by atoms with E-state index in [4.69, 9.17) is 0 Å². The van der Waals surface area contributed by atoms with Gasteiger partial charge in [-0.2, -0.15) is 5.10 Å². The van der Waals surface area contributed by atoms with Crippen molar-refractivity contribution in [3.8, 4) is 5.69 Å². The Kier molecular flexibility index (Phi) is 4.35. The summed E-state index contributed by atoms with van der Waals surface area (Å²) < 4.78 is 2.72. The van der Waals surface area contributed by atoms with Crippen LogP contribution in [0.5, 0.6) is 0 Å². The first-order chi connectivity index (χ1) is 10.6. The van der Waals surface area contributed by atoms with E-state index in [1.165, 1.54) is 6.33 Å². The third-order valence-corrected chi connectivity index (χ3v) is 4.74. The van der Waals surface area contributed by atoms with Crippen molar-refractivity contribution in [2.75, 3.05) is 7.05 Å². The Hall–Kier alpha value is -1.99. The molecule has 5 nitrogen and oxygen atoms in total. The van der Waals surface area contributed by atoms with Gasteiger partial charge in [-0.15, -0.1) is 11.3 Å². The molecule has 0 aliphatic carbocycles. The maximum Gasteiger partial charge on any atom is 0.253 e. The summed E-state index contributed by atoms with van der Waals surface area (Å²) in [6.45, 7) is 0.589. The van der Waals surface area contributed by atoms with E-state index in [9.17, 15) is 4.79 Å². The first-order valence-corrected chi connectivity index (χ1v) is 8.24. The molecular weight excluding hydrogens is 364 g/mol. The Morgan fingerprint density at radius 2 is 2.14 bits per heavy atom. The van der Waals surface area contributed by atoms with Crippen molar-refractivity contribution in [2.24, 2.45) is 0 Å². The standard InChI is InChI=1S/C15H13BrN4OS/c1-19(7-11-6-14(16)22-8-11)15(21)12-2-4-13(5-3-12)20-10-17-9-18-20/h2-6,8-10H,7H2,1H3. The van der Waals surface area contributed by atoms with E-state index < -0.39 is 0 Å². The van der Waals surface area contributed by atoms with E-state index in [-0.39, 0.29) is 5.91 Å². The lowest BCUT2D eigenvalue weighted by atomic mass is 10.1. The topological polar surface area (TPSA) is 51.0 Å². The molecule has 0 saturated carbocycles. The molecule has 0 bridgehead atoms. The van der Waals surface area contributed by atoms with Crippen molar-refractivity contribution in [3.05, 3.63) is 63.3 Å². The lowest BCUT2D eigenvalue weighted by Crippen LogP contribution is -2.25. The molecule has 3 aromatic rings. The maximum atomic E-state index is 12.4. The summed E-state index contributed by atoms with van der Waals surface area (Å²) >= 11 is 5.05. The number of rotatable bonds is 4. The number of thiophene rings is 1. The molecule has 0 radical (unpaired) electrons. The molecule has 0 unspecified atom stereocenters. The second-order valence-electron chi connectivity index (χ2n) is 4.81. The van der Waals surface area contributed by atoms with Gasteiger partial charge in [-0.05, 0) is 57.2 Å². The van der Waals surface area contributed by atoms with E-state index >= 15 is 0 Å². The predicted molar refractivity (Wildman–Crippen MR) is 89.2 cm³/mol. The van der Waals surface area contributed by atoms with Gasteiger partial charge in [0.05, 0.1) is 9.47 Å². The zero-order chi connectivity index (χ0) is 15.5. The number of halogens is 1. The van der Waals surface area contributed by atoms with Gasteiger partial charge in [0.1, 0.15) is 12.7 Å². The van der Waals surface area contributed by atoms with Gasteiger partial charge in [0, 0.05) is 19.2 Å². The fourth-order valence-electron chi connectivity index (χ4n) is 2.09. The highest BCUT2D eigenvalue weighted by Crippen LogP contribution is 2.22. The van der Waals surface area contributed by atoms with Crippen molar-refractivity contribution in [1.82, 2.24) is 19.7 Å². The second kappa shape index (κ2) is 6.41. The number of hydrogen-bond acceptors (Lipinski definition) is 4. The second-order valence-corrected chi connectivity index (χ2v) is 7.10. The molecular formula is C15H13BrN4OS. The van der Waals surface area contributed by atoms with E-state index in [0.717, 1.165) is 15.0 Å². The van der Waals surface area contributed by atoms with Crippen LogP contribution in [0.3, 0.4) is 0 Å². The third-order valence-electron chi connectivity index (χ3n) is 3.19. The van der Waals surface area contributed by atoms with Crippen molar-refractivity contribution < 1.29 is 4.79 Å². The predicted octanol–water partition coefficient (Wildman–Crippen LogP) is 3.36. The smallest absolute Gasteiger partial charge is 0.253 e. The summed E-state index contributed by atoms with van der Waals surface area (Å²) in [6.07, 6.45) is 3.10. The quantitative estimate of drug-likeness (QED) is 0.701. The summed E-state index contributed by atoms with van der Waals surface area (Å²) in [7, 11) is 1.80. The molecule has 2 aromatic heterocycles. The van der Waals surface area contributed by atoms with Gasteiger partial charge in [0.25, 0.3) is 5.91 Å². The average Bonchev–Trinajstić information content (AvgIpc) is 3.18. The minimum absolute atomic E-state index is 0.00698. The molecule has 0 fully saturated rings. The molecule has 0 aliphatic rings. The van der Waals surface area contributed by atoms with Crippen LogP contribution >= 0.6 is 27.3 Å². The normalized spacial score (nSPS) is 10.6. The first kappa shape index (κ1) is 14.9. The van der Waals surface area contributed by atoms with Gasteiger partial charge in [-0.3, -0.25) is 4.79 Å². The SMILES string of the molecule is CN(Cc1csc(Br)c1)C(=O)c1ccc(-n2cncn2)cc1. The van der Waals surface area contributed by atoms with Gasteiger partial charge in [0.2, 0.25) is 0 Å². The monoisotopic (exact) mass is 376 g/mol. The maximum absolute atomic E-state index is 12.4. The Labute approximate surface area is 140 Å². The van der Waals surface area contributed by atoms with Crippen LogP contribution in [0.15, 0.2) is 52.2 Å². The van der Waals surface area contributed by atoms with Crippen molar-refractivity contribution in [2.45, 2.75) is 6.54 Å². The molecule has 1 amide bonds. The minimum atomic E-state index is -0.00698. The van der Waals surface area contributed by atoms with Crippen molar-refractivity contribution >= 4 is 33.2 Å². The van der Waals surface area contributed by atoms with Crippen LogP contribution in [0, 0.1) is 0 Å². The fourth-order valence-corrected chi connectivity index (χ4v) is 3.29. The van der Waals surface area contributed by atoms with E-state index in [1.54, 1.807) is 46.4 Å². The first-order valence-electron chi connectivity index (χ1n) is 6.57. The van der Waals surface area contributed by atoms with Crippen LogP contribution in [-0.4, -0.2) is 32.6 Å². The highest BCUT2D eigenvalue weighted by atomic mass is 79.9. The molecule has 0 saturated heterocycles. The average molecular weight is 377 g/mol. The number of carbonyl (C=O) groups excluding carboxylic acids is 1. The Morgan fingerprint density at radius 3 is 2.73 bits per heavy atom. The van der Waals surface area contributed by atoms with Gasteiger partial charge >= 0.3 is 0 Å². The Bertz CT molecular complexity index is 767. The zero-order valence-corrected chi connectivity index (χ0v) is 14.2. The van der Waals surface area contributed by atoms with Crippen LogP contribution in [0.1, 0.15) is 15.9 Å². The van der Waals surface area contributed by atoms with Crippen molar-refractivity contribution in [3.63, 3.8) is 0 Å². The third kappa shape index (κ3) is 3.26. The molecule has 3 rings (SSSR count). The largest absolute Gasteiger partial charge is 0.337 e. The number of carbonyl (C=O) groups is 1. The molecule has 0 aliphatic heterocycles. The number of nitrogens with zero attached hydrogens (tertiary/aromatic N) is 4. The van der Waals surface area contributed by atoms with Gasteiger partial charge in [-0.25, -0.2) is 9.67 Å². The molecule has 0 spiro atoms. The van der Waals surface area contributed by atoms with Crippen LogP contribution in [0.4, 0.5) is 0 Å². The highest BCUT2D eigenvalue weighted by molar-refractivity contribution is 9.11. The van der Waals surface area contributed by atoms with Crippen LogP contribution in [0.25, 0.3) is 5.69 Å². The van der Waals surface area contributed by atoms with Gasteiger partial charge in [0.15, 0.2) is 0 Å². The minimum Gasteiger partial charge on any atom is -0.337 e. The number of hydrogen-bond donors (Lipinski definition) is 0. The summed E-state index contributed by atoms with van der Waals surface area (Å²) in [5, 5.41) is 6.10. The highest BCUT2D eigenvalue weighted by Gasteiger charge is 2.13. The summed E-state index contributed by atoms with van der Waals surface area (Å²) in [6, 6.07) is 9.36. The van der Waals surface area contributed by atoms with Crippen LogP contribution < -0.4 is 0 Å². The Morgan fingerprint density at radius 1 is 1.36 bits per heavy atom. The van der Waals surface area contributed by atoms with Crippen molar-refractivity contribution in [1.29, 1.82) is 0 Å². The number of benzene rings is 1. The zero-order valence-electron chi connectivity index (χ0n) is 11.8. The summed E-state index contributed by atoms with van der Waals surface area (Å²) in [5.41, 5.74) is 2.64. The van der Waals surface area contributed by atoms with E-state index in [0.29, 0.717) is 12.1 Å². The lowest BCUT2D eigenvalue weighted by molar-refractivity contribution is 0.0785. The summed E-state index contributed by atoms with van der Waals surface area (Å²) in [4.78, 5) is 18.1. The van der Waals surface area contributed by atoms with Crippen LogP contribution in [0.2, 0.25) is 0 Å². The molecule has 0 N–H and O–H groups in total. The summed E-state index contributed by atoms with van der Waals surface area (Å²) in [5.74, 6) is -0.00698. The lowest BCUT2D eigenvalue weighted by Gasteiger charge is -2.16. The molecule has 2 heterocycles. The number of aromatic nitrogens is 3. The number of amides is 1. The molecule has 1 aromatic carbocycles. The molecule has 0 atom stereocenters. The molecule has 112 valence electrons. The molecule has 7 heteroatoms. The van der Waals surface area contributed by atoms with E-state index in [1.807, 2.05) is 23.6 Å².